The Morgan fingerprint density at radius 3 is 2.94 bits per heavy atom. The first kappa shape index (κ1) is 22.0. The largest absolute Gasteiger partial charge is 0.489 e. The monoisotopic (exact) mass is 460 g/mol. The minimum atomic E-state index is -0.283. The Morgan fingerprint density at radius 1 is 1.18 bits per heavy atom. The molecule has 8 heteroatoms. The molecule has 0 bridgehead atoms. The Labute approximate surface area is 196 Å². The molecule has 0 aliphatic carbocycles. The predicted octanol–water partition coefficient (Wildman–Crippen LogP) is 3.78. The Morgan fingerprint density at radius 2 is 2.06 bits per heavy atom. The van der Waals surface area contributed by atoms with E-state index in [-0.39, 0.29) is 17.6 Å². The van der Waals surface area contributed by atoms with E-state index < -0.39 is 0 Å². The maximum Gasteiger partial charge on any atom is 0.254 e. The average molecular weight is 461 g/mol. The number of rotatable bonds is 6. The second kappa shape index (κ2) is 10.0. The molecule has 0 radical (unpaired) electrons. The first-order chi connectivity index (χ1) is 16.6. The van der Waals surface area contributed by atoms with Gasteiger partial charge in [-0.1, -0.05) is 18.2 Å². The van der Waals surface area contributed by atoms with Crippen LogP contribution in [0.15, 0.2) is 73.3 Å². The summed E-state index contributed by atoms with van der Waals surface area (Å²) in [7, 11) is 0. The van der Waals surface area contributed by atoms with Gasteiger partial charge >= 0.3 is 0 Å². The zero-order valence-corrected chi connectivity index (χ0v) is 18.6. The van der Waals surface area contributed by atoms with Crippen LogP contribution in [-0.4, -0.2) is 51.5 Å². The molecule has 1 atom stereocenters. The van der Waals surface area contributed by atoms with E-state index in [1.165, 1.54) is 12.1 Å². The summed E-state index contributed by atoms with van der Waals surface area (Å²) in [6, 6.07) is 13.3. The van der Waals surface area contributed by atoms with Crippen LogP contribution in [0.1, 0.15) is 21.6 Å². The van der Waals surface area contributed by atoms with Gasteiger partial charge in [0.15, 0.2) is 5.65 Å². The van der Waals surface area contributed by atoms with E-state index in [1.54, 1.807) is 36.7 Å². The van der Waals surface area contributed by atoms with E-state index in [9.17, 15) is 9.18 Å². The third kappa shape index (κ3) is 5.23. The van der Waals surface area contributed by atoms with Gasteiger partial charge in [0.2, 0.25) is 0 Å². The van der Waals surface area contributed by atoms with Crippen molar-refractivity contribution in [3.05, 3.63) is 96.0 Å². The summed E-state index contributed by atoms with van der Waals surface area (Å²) >= 11 is 0. The van der Waals surface area contributed by atoms with Crippen molar-refractivity contribution in [3.8, 4) is 5.75 Å². The zero-order valence-electron chi connectivity index (χ0n) is 18.6. The SMILES string of the molecule is O=C(c1cccc(OCc2ccc(F)cc2)c1)N1CCOCC(Cc2cn3ccnc3cn2)C1. The maximum absolute atomic E-state index is 13.3. The van der Waals surface area contributed by atoms with Crippen molar-refractivity contribution >= 4 is 11.6 Å². The van der Waals surface area contributed by atoms with Gasteiger partial charge in [0.1, 0.15) is 18.2 Å². The van der Waals surface area contributed by atoms with Crippen LogP contribution in [0.25, 0.3) is 5.65 Å². The number of fused-ring (bicyclic) bond motifs is 1. The number of benzene rings is 2. The van der Waals surface area contributed by atoms with Crippen LogP contribution >= 0.6 is 0 Å². The molecule has 5 rings (SSSR count). The lowest BCUT2D eigenvalue weighted by atomic mass is 10.0. The minimum Gasteiger partial charge on any atom is -0.489 e. The summed E-state index contributed by atoms with van der Waals surface area (Å²) in [5.74, 6) is 0.392. The molecule has 2 aromatic heterocycles. The van der Waals surface area contributed by atoms with Gasteiger partial charge in [-0.3, -0.25) is 9.78 Å². The van der Waals surface area contributed by atoms with Crippen LogP contribution in [0.2, 0.25) is 0 Å². The van der Waals surface area contributed by atoms with E-state index in [1.807, 2.05) is 33.8 Å². The standard InChI is InChI=1S/C26H25FN4O3/c27-22-6-4-19(5-7-22)18-34-24-3-1-2-21(13-24)26(32)31-10-11-33-17-20(15-31)12-23-16-30-9-8-28-25(30)14-29-23/h1-9,13-14,16,20H,10-12,15,17-18H2. The van der Waals surface area contributed by atoms with Gasteiger partial charge < -0.3 is 18.8 Å². The van der Waals surface area contributed by atoms with Crippen molar-refractivity contribution in [1.82, 2.24) is 19.3 Å². The number of carbonyl (C=O) groups is 1. The summed E-state index contributed by atoms with van der Waals surface area (Å²) in [6.07, 6.45) is 8.08. The molecule has 0 spiro atoms. The number of carbonyl (C=O) groups excluding carboxylic acids is 1. The summed E-state index contributed by atoms with van der Waals surface area (Å²) in [5.41, 5.74) is 3.16. The number of aromatic nitrogens is 3. The number of ether oxygens (including phenoxy) is 2. The smallest absolute Gasteiger partial charge is 0.254 e. The predicted molar refractivity (Wildman–Crippen MR) is 124 cm³/mol. The zero-order chi connectivity index (χ0) is 23.3. The lowest BCUT2D eigenvalue weighted by Gasteiger charge is -2.24. The van der Waals surface area contributed by atoms with Gasteiger partial charge in [-0.05, 0) is 42.3 Å². The molecule has 7 nitrogen and oxygen atoms in total. The second-order valence-electron chi connectivity index (χ2n) is 8.41. The lowest BCUT2D eigenvalue weighted by molar-refractivity contribution is 0.0736. The van der Waals surface area contributed by atoms with Crippen LogP contribution in [0.5, 0.6) is 5.75 Å². The molecule has 2 aromatic carbocycles. The van der Waals surface area contributed by atoms with E-state index in [0.717, 1.165) is 16.9 Å². The number of hydrogen-bond donors (Lipinski definition) is 0. The lowest BCUT2D eigenvalue weighted by Crippen LogP contribution is -2.36. The molecule has 1 amide bonds. The van der Waals surface area contributed by atoms with Gasteiger partial charge in [0.05, 0.1) is 25.1 Å². The molecule has 1 aliphatic heterocycles. The van der Waals surface area contributed by atoms with Crippen molar-refractivity contribution in [1.29, 1.82) is 0 Å². The molecule has 4 aromatic rings. The van der Waals surface area contributed by atoms with Crippen molar-refractivity contribution in [2.75, 3.05) is 26.3 Å². The molecule has 1 fully saturated rings. The van der Waals surface area contributed by atoms with E-state index in [4.69, 9.17) is 9.47 Å². The fraction of sp³-hybridized carbons (Fsp3) is 0.269. The number of amides is 1. The van der Waals surface area contributed by atoms with Crippen molar-refractivity contribution in [2.45, 2.75) is 13.0 Å². The molecule has 1 saturated heterocycles. The van der Waals surface area contributed by atoms with Crippen LogP contribution in [0, 0.1) is 11.7 Å². The summed E-state index contributed by atoms with van der Waals surface area (Å²) < 4.78 is 26.7. The number of hydrogen-bond acceptors (Lipinski definition) is 5. The van der Waals surface area contributed by atoms with Crippen LogP contribution < -0.4 is 4.74 Å². The van der Waals surface area contributed by atoms with Crippen LogP contribution in [-0.2, 0) is 17.8 Å². The molecule has 174 valence electrons. The quantitative estimate of drug-likeness (QED) is 0.438. The number of imidazole rings is 1. The first-order valence-corrected chi connectivity index (χ1v) is 11.3. The highest BCUT2D eigenvalue weighted by Crippen LogP contribution is 2.20. The van der Waals surface area contributed by atoms with Gasteiger partial charge in [-0.25, -0.2) is 9.37 Å². The Kier molecular flexibility index (Phi) is 6.49. The average Bonchev–Trinajstić information content (AvgIpc) is 3.20. The Hall–Kier alpha value is -3.78. The van der Waals surface area contributed by atoms with Crippen molar-refractivity contribution in [3.63, 3.8) is 0 Å². The van der Waals surface area contributed by atoms with Gasteiger partial charge in [0.25, 0.3) is 5.91 Å². The van der Waals surface area contributed by atoms with Crippen molar-refractivity contribution < 1.29 is 18.7 Å². The highest BCUT2D eigenvalue weighted by molar-refractivity contribution is 5.94. The third-order valence-electron chi connectivity index (χ3n) is 5.86. The molecular weight excluding hydrogens is 435 g/mol. The normalized spacial score (nSPS) is 16.4. The van der Waals surface area contributed by atoms with E-state index >= 15 is 0 Å². The highest BCUT2D eigenvalue weighted by atomic mass is 19.1. The molecule has 1 aliphatic rings. The molecule has 3 heterocycles. The molecule has 34 heavy (non-hydrogen) atoms. The maximum atomic E-state index is 13.3. The summed E-state index contributed by atoms with van der Waals surface area (Å²) in [5, 5.41) is 0. The highest BCUT2D eigenvalue weighted by Gasteiger charge is 2.24. The Bertz CT molecular complexity index is 1270. The minimum absolute atomic E-state index is 0.0549. The fourth-order valence-corrected chi connectivity index (χ4v) is 4.11. The molecule has 1 unspecified atom stereocenters. The van der Waals surface area contributed by atoms with Crippen LogP contribution in [0.4, 0.5) is 4.39 Å². The van der Waals surface area contributed by atoms with Crippen molar-refractivity contribution in [2.24, 2.45) is 5.92 Å². The van der Waals surface area contributed by atoms with Gasteiger partial charge in [-0.15, -0.1) is 0 Å². The summed E-state index contributed by atoms with van der Waals surface area (Å²) in [6.45, 7) is 2.49. The van der Waals surface area contributed by atoms with Gasteiger partial charge in [0, 0.05) is 43.2 Å². The second-order valence-corrected chi connectivity index (χ2v) is 8.41. The fourth-order valence-electron chi connectivity index (χ4n) is 4.11. The Balaban J connectivity index is 1.24. The van der Waals surface area contributed by atoms with E-state index in [2.05, 4.69) is 9.97 Å². The van der Waals surface area contributed by atoms with Crippen LogP contribution in [0.3, 0.4) is 0 Å². The molecular formula is C26H25FN4O3. The third-order valence-corrected chi connectivity index (χ3v) is 5.86. The molecule has 0 N–H and O–H groups in total. The topological polar surface area (TPSA) is 69.0 Å². The summed E-state index contributed by atoms with van der Waals surface area (Å²) in [4.78, 5) is 23.9. The first-order valence-electron chi connectivity index (χ1n) is 11.3. The number of halogens is 1. The number of nitrogens with zero attached hydrogens (tertiary/aromatic N) is 4. The molecule has 0 saturated carbocycles. The van der Waals surface area contributed by atoms with Gasteiger partial charge in [-0.2, -0.15) is 0 Å². The van der Waals surface area contributed by atoms with E-state index in [0.29, 0.717) is 50.6 Å².